The van der Waals surface area contributed by atoms with E-state index in [0.29, 0.717) is 0 Å². The van der Waals surface area contributed by atoms with Crippen LogP contribution in [0.5, 0.6) is 0 Å². The quantitative estimate of drug-likeness (QED) is 0.856. The van der Waals surface area contributed by atoms with Crippen molar-refractivity contribution in [3.8, 4) is 0 Å². The van der Waals surface area contributed by atoms with Crippen LogP contribution in [-0.4, -0.2) is 25.8 Å². The van der Waals surface area contributed by atoms with Gasteiger partial charge in [0.05, 0.1) is 0 Å². The Morgan fingerprint density at radius 1 is 1.32 bits per heavy atom. The summed E-state index contributed by atoms with van der Waals surface area (Å²) in [6.45, 7) is 6.45. The van der Waals surface area contributed by atoms with E-state index < -0.39 is 0 Å². The van der Waals surface area contributed by atoms with Gasteiger partial charge >= 0.3 is 5.69 Å². The van der Waals surface area contributed by atoms with Crippen molar-refractivity contribution in [2.45, 2.75) is 65.1 Å². The number of fused-ring (bicyclic) bond motifs is 1. The Balaban J connectivity index is 2.14. The van der Waals surface area contributed by atoms with Gasteiger partial charge in [0.1, 0.15) is 12.4 Å². The molecule has 1 aromatic rings. The molecule has 1 aromatic heterocycles. The van der Waals surface area contributed by atoms with Gasteiger partial charge in [0.2, 0.25) is 5.91 Å². The highest BCUT2D eigenvalue weighted by Gasteiger charge is 2.19. The fraction of sp³-hybridized carbons (Fsp3) is 0.769. The first-order chi connectivity index (χ1) is 8.87. The molecular formula is C13H22N4O2. The zero-order valence-electron chi connectivity index (χ0n) is 11.9. The van der Waals surface area contributed by atoms with E-state index in [1.165, 1.54) is 4.68 Å². The number of carbonyl (C=O) groups excluding carboxylic acids is 1. The molecule has 0 unspecified atom stereocenters. The van der Waals surface area contributed by atoms with Crippen molar-refractivity contribution in [1.82, 2.24) is 19.7 Å². The molecule has 0 radical (unpaired) electrons. The van der Waals surface area contributed by atoms with E-state index in [4.69, 9.17) is 0 Å². The molecule has 6 nitrogen and oxygen atoms in total. The standard InChI is InChI=1S/C13H22N4O2/c1-13(2,3)14-11(18)9-17-12(19)16-8-6-4-5-7-10(16)15-17/h4-9H2,1-3H3,(H,14,18). The van der Waals surface area contributed by atoms with Crippen LogP contribution >= 0.6 is 0 Å². The normalized spacial score (nSPS) is 15.7. The summed E-state index contributed by atoms with van der Waals surface area (Å²) in [5, 5.41) is 7.13. The SMILES string of the molecule is CC(C)(C)NC(=O)Cn1nc2n(c1=O)CCCCC2. The molecule has 0 aliphatic carbocycles. The molecule has 2 rings (SSSR count). The van der Waals surface area contributed by atoms with Gasteiger partial charge in [-0.3, -0.25) is 9.36 Å². The average Bonchev–Trinajstić information content (AvgIpc) is 2.49. The van der Waals surface area contributed by atoms with Gasteiger partial charge in [-0.2, -0.15) is 5.10 Å². The van der Waals surface area contributed by atoms with Crippen molar-refractivity contribution in [3.05, 3.63) is 16.3 Å². The second-order valence-corrected chi connectivity index (χ2v) is 6.12. The summed E-state index contributed by atoms with van der Waals surface area (Å²) in [4.78, 5) is 24.0. The Bertz CT molecular complexity index is 522. The lowest BCUT2D eigenvalue weighted by atomic mass is 10.1. The van der Waals surface area contributed by atoms with E-state index in [2.05, 4.69) is 10.4 Å². The first kappa shape index (κ1) is 13.8. The van der Waals surface area contributed by atoms with Crippen LogP contribution in [0.4, 0.5) is 0 Å². The van der Waals surface area contributed by atoms with Gasteiger partial charge in [0.25, 0.3) is 0 Å². The topological polar surface area (TPSA) is 68.9 Å². The Labute approximate surface area is 112 Å². The predicted octanol–water partition coefficient (Wildman–Crippen LogP) is 0.686. The Morgan fingerprint density at radius 2 is 2.05 bits per heavy atom. The van der Waals surface area contributed by atoms with E-state index in [-0.39, 0.29) is 23.7 Å². The van der Waals surface area contributed by atoms with Crippen LogP contribution in [0.25, 0.3) is 0 Å². The molecule has 106 valence electrons. The first-order valence-electron chi connectivity index (χ1n) is 6.84. The molecule has 1 aliphatic rings. The molecule has 0 spiro atoms. The molecule has 0 fully saturated rings. The van der Waals surface area contributed by atoms with Crippen LogP contribution in [0.15, 0.2) is 4.79 Å². The fourth-order valence-electron chi connectivity index (χ4n) is 2.32. The summed E-state index contributed by atoms with van der Waals surface area (Å²) in [5.74, 6) is 0.633. The second kappa shape index (κ2) is 5.19. The van der Waals surface area contributed by atoms with Gasteiger partial charge in [-0.15, -0.1) is 0 Å². The van der Waals surface area contributed by atoms with Crippen molar-refractivity contribution in [2.75, 3.05) is 0 Å². The minimum Gasteiger partial charge on any atom is -0.350 e. The van der Waals surface area contributed by atoms with Gasteiger partial charge < -0.3 is 5.32 Å². The number of aromatic nitrogens is 3. The number of nitrogens with one attached hydrogen (secondary N) is 1. The lowest BCUT2D eigenvalue weighted by Crippen LogP contribution is -2.43. The lowest BCUT2D eigenvalue weighted by molar-refractivity contribution is -0.123. The fourth-order valence-corrected chi connectivity index (χ4v) is 2.32. The Hall–Kier alpha value is -1.59. The van der Waals surface area contributed by atoms with Crippen molar-refractivity contribution in [2.24, 2.45) is 0 Å². The Kier molecular flexibility index (Phi) is 3.78. The number of hydrogen-bond donors (Lipinski definition) is 1. The van der Waals surface area contributed by atoms with Gasteiger partial charge in [-0.25, -0.2) is 9.48 Å². The molecule has 0 saturated carbocycles. The van der Waals surface area contributed by atoms with E-state index >= 15 is 0 Å². The number of carbonyl (C=O) groups is 1. The third-order valence-corrected chi connectivity index (χ3v) is 3.09. The van der Waals surface area contributed by atoms with Crippen molar-refractivity contribution >= 4 is 5.91 Å². The number of amides is 1. The summed E-state index contributed by atoms with van der Waals surface area (Å²) >= 11 is 0. The van der Waals surface area contributed by atoms with Gasteiger partial charge in [-0.05, 0) is 33.6 Å². The summed E-state index contributed by atoms with van der Waals surface area (Å²) in [6.07, 6.45) is 4.02. The van der Waals surface area contributed by atoms with E-state index in [1.54, 1.807) is 4.57 Å². The predicted molar refractivity (Wildman–Crippen MR) is 71.9 cm³/mol. The number of hydrogen-bond acceptors (Lipinski definition) is 3. The maximum absolute atomic E-state index is 12.2. The van der Waals surface area contributed by atoms with Crippen LogP contribution in [-0.2, 0) is 24.3 Å². The zero-order valence-corrected chi connectivity index (χ0v) is 11.9. The zero-order chi connectivity index (χ0) is 14.0. The van der Waals surface area contributed by atoms with Gasteiger partial charge in [-0.1, -0.05) is 6.42 Å². The van der Waals surface area contributed by atoms with Gasteiger partial charge in [0.15, 0.2) is 0 Å². The van der Waals surface area contributed by atoms with Crippen LogP contribution in [0.2, 0.25) is 0 Å². The monoisotopic (exact) mass is 266 g/mol. The smallest absolute Gasteiger partial charge is 0.346 e. The molecule has 0 bridgehead atoms. The summed E-state index contributed by atoms with van der Waals surface area (Å²) in [7, 11) is 0. The third kappa shape index (κ3) is 3.45. The average molecular weight is 266 g/mol. The highest BCUT2D eigenvalue weighted by Crippen LogP contribution is 2.10. The van der Waals surface area contributed by atoms with Crippen molar-refractivity contribution < 1.29 is 4.79 Å². The second-order valence-electron chi connectivity index (χ2n) is 6.12. The molecule has 1 N–H and O–H groups in total. The summed E-state index contributed by atoms with van der Waals surface area (Å²) < 4.78 is 2.99. The lowest BCUT2D eigenvalue weighted by Gasteiger charge is -2.20. The molecule has 2 heterocycles. The minimum atomic E-state index is -0.294. The van der Waals surface area contributed by atoms with Gasteiger partial charge in [0, 0.05) is 18.5 Å². The molecule has 1 aliphatic heterocycles. The Morgan fingerprint density at radius 3 is 2.74 bits per heavy atom. The highest BCUT2D eigenvalue weighted by atomic mass is 16.2. The molecule has 0 atom stereocenters. The third-order valence-electron chi connectivity index (χ3n) is 3.09. The first-order valence-corrected chi connectivity index (χ1v) is 6.84. The molecule has 1 amide bonds. The molecule has 19 heavy (non-hydrogen) atoms. The van der Waals surface area contributed by atoms with Crippen LogP contribution in [0.3, 0.4) is 0 Å². The van der Waals surface area contributed by atoms with Crippen LogP contribution in [0.1, 0.15) is 45.9 Å². The summed E-state index contributed by atoms with van der Waals surface area (Å²) in [6, 6.07) is 0. The van der Waals surface area contributed by atoms with Crippen LogP contribution in [0, 0.1) is 0 Å². The number of aryl methyl sites for hydroxylation is 1. The number of nitrogens with zero attached hydrogens (tertiary/aromatic N) is 3. The van der Waals surface area contributed by atoms with E-state index in [0.717, 1.165) is 38.1 Å². The molecule has 6 heteroatoms. The van der Waals surface area contributed by atoms with Crippen LogP contribution < -0.4 is 11.0 Å². The highest BCUT2D eigenvalue weighted by molar-refractivity contribution is 5.76. The number of rotatable bonds is 2. The van der Waals surface area contributed by atoms with E-state index in [9.17, 15) is 9.59 Å². The van der Waals surface area contributed by atoms with Crippen molar-refractivity contribution in [3.63, 3.8) is 0 Å². The molecule has 0 saturated heterocycles. The summed E-state index contributed by atoms with van der Waals surface area (Å²) in [5.41, 5.74) is -0.460. The van der Waals surface area contributed by atoms with Crippen molar-refractivity contribution in [1.29, 1.82) is 0 Å². The minimum absolute atomic E-state index is 0.00387. The largest absolute Gasteiger partial charge is 0.350 e. The van der Waals surface area contributed by atoms with E-state index in [1.807, 2.05) is 20.8 Å². The maximum Gasteiger partial charge on any atom is 0.346 e. The molecule has 0 aromatic carbocycles. The molecular weight excluding hydrogens is 244 g/mol. The maximum atomic E-state index is 12.2.